The van der Waals surface area contributed by atoms with Gasteiger partial charge in [0.25, 0.3) is 11.8 Å². The van der Waals surface area contributed by atoms with E-state index in [1.165, 1.54) is 18.6 Å². The Labute approximate surface area is 187 Å². The second-order valence-electron chi connectivity index (χ2n) is 8.21. The normalized spacial score (nSPS) is 17.2. The molecular weight excluding hydrogens is 408 g/mol. The number of aromatic nitrogens is 2. The zero-order chi connectivity index (χ0) is 22.3. The molecule has 4 rings (SSSR count). The third kappa shape index (κ3) is 5.47. The molecule has 2 aliphatic rings. The van der Waals surface area contributed by atoms with Crippen LogP contribution >= 0.6 is 0 Å². The fraction of sp³-hybridized carbons (Fsp3) is 0.435. The predicted octanol–water partition coefficient (Wildman–Crippen LogP) is 1.55. The molecule has 1 aromatic heterocycles. The number of carbonyl (C=O) groups is 3. The van der Waals surface area contributed by atoms with Crippen molar-refractivity contribution in [2.45, 2.75) is 31.7 Å². The fourth-order valence-corrected chi connectivity index (χ4v) is 4.20. The van der Waals surface area contributed by atoms with Gasteiger partial charge in [0, 0.05) is 44.6 Å². The van der Waals surface area contributed by atoms with Crippen molar-refractivity contribution in [1.82, 2.24) is 25.1 Å². The smallest absolute Gasteiger partial charge is 0.274 e. The molecule has 32 heavy (non-hydrogen) atoms. The third-order valence-corrected chi connectivity index (χ3v) is 5.95. The Morgan fingerprint density at radius 2 is 1.75 bits per heavy atom. The standard InChI is InChI=1S/C23H28N6O3/c30-21(16-28-11-13-29(14-12-28)23(32)20-15-24-9-10-25-20)27-19-8-4-3-7-18(19)22(31)26-17-5-1-2-6-17/h3-4,7-10,15,17H,1-2,5-6,11-14,16H2,(H,26,31)(H,27,30). The Morgan fingerprint density at radius 3 is 2.47 bits per heavy atom. The summed E-state index contributed by atoms with van der Waals surface area (Å²) in [4.78, 5) is 49.5. The van der Waals surface area contributed by atoms with Crippen molar-refractivity contribution in [3.8, 4) is 0 Å². The highest BCUT2D eigenvalue weighted by Crippen LogP contribution is 2.20. The molecule has 0 spiro atoms. The number of hydrogen-bond acceptors (Lipinski definition) is 6. The number of piperazine rings is 1. The molecule has 0 unspecified atom stereocenters. The van der Waals surface area contributed by atoms with Gasteiger partial charge in [-0.15, -0.1) is 0 Å². The Kier molecular flexibility index (Phi) is 7.06. The van der Waals surface area contributed by atoms with Crippen LogP contribution in [-0.4, -0.2) is 76.3 Å². The van der Waals surface area contributed by atoms with Crippen LogP contribution in [0.1, 0.15) is 46.5 Å². The third-order valence-electron chi connectivity index (χ3n) is 5.95. The lowest BCUT2D eigenvalue weighted by Crippen LogP contribution is -2.50. The van der Waals surface area contributed by atoms with E-state index >= 15 is 0 Å². The first-order valence-electron chi connectivity index (χ1n) is 11.1. The van der Waals surface area contributed by atoms with Crippen molar-refractivity contribution in [2.75, 3.05) is 38.0 Å². The van der Waals surface area contributed by atoms with Gasteiger partial charge in [0.2, 0.25) is 5.91 Å². The molecule has 0 bridgehead atoms. The minimum Gasteiger partial charge on any atom is -0.349 e. The summed E-state index contributed by atoms with van der Waals surface area (Å²) in [6.45, 7) is 2.41. The van der Waals surface area contributed by atoms with Crippen molar-refractivity contribution >= 4 is 23.4 Å². The molecular formula is C23H28N6O3. The molecule has 1 aliphatic carbocycles. The lowest BCUT2D eigenvalue weighted by Gasteiger charge is -2.34. The summed E-state index contributed by atoms with van der Waals surface area (Å²) in [5.74, 6) is -0.479. The van der Waals surface area contributed by atoms with Crippen molar-refractivity contribution in [3.05, 3.63) is 54.1 Å². The minimum atomic E-state index is -0.181. The first-order valence-corrected chi connectivity index (χ1v) is 11.1. The molecule has 3 amide bonds. The van der Waals surface area contributed by atoms with Gasteiger partial charge in [0.15, 0.2) is 0 Å². The van der Waals surface area contributed by atoms with Gasteiger partial charge in [-0.1, -0.05) is 25.0 Å². The summed E-state index contributed by atoms with van der Waals surface area (Å²) < 4.78 is 0. The number of hydrogen-bond donors (Lipinski definition) is 2. The van der Waals surface area contributed by atoms with E-state index in [9.17, 15) is 14.4 Å². The van der Waals surface area contributed by atoms with Gasteiger partial charge in [0.05, 0.1) is 24.0 Å². The summed E-state index contributed by atoms with van der Waals surface area (Å²) >= 11 is 0. The van der Waals surface area contributed by atoms with Crippen LogP contribution in [-0.2, 0) is 4.79 Å². The molecule has 0 atom stereocenters. The molecule has 0 radical (unpaired) electrons. The quantitative estimate of drug-likeness (QED) is 0.711. The van der Waals surface area contributed by atoms with Crippen LogP contribution in [0.25, 0.3) is 0 Å². The number of para-hydroxylation sites is 1. The predicted molar refractivity (Wildman–Crippen MR) is 119 cm³/mol. The van der Waals surface area contributed by atoms with Crippen LogP contribution in [0.2, 0.25) is 0 Å². The van der Waals surface area contributed by atoms with Crippen molar-refractivity contribution in [1.29, 1.82) is 0 Å². The van der Waals surface area contributed by atoms with E-state index in [-0.39, 0.29) is 30.3 Å². The number of anilines is 1. The molecule has 1 aromatic carbocycles. The highest BCUT2D eigenvalue weighted by molar-refractivity contribution is 6.04. The first-order chi connectivity index (χ1) is 15.6. The molecule has 168 valence electrons. The maximum atomic E-state index is 12.7. The molecule has 1 saturated heterocycles. The molecule has 1 aliphatic heterocycles. The Bertz CT molecular complexity index is 953. The van der Waals surface area contributed by atoms with Crippen molar-refractivity contribution in [2.24, 2.45) is 0 Å². The SMILES string of the molecule is O=C(CN1CCN(C(=O)c2cnccn2)CC1)Nc1ccccc1C(=O)NC1CCCC1. The number of rotatable bonds is 6. The van der Waals surface area contributed by atoms with E-state index in [1.807, 2.05) is 4.90 Å². The average Bonchev–Trinajstić information content (AvgIpc) is 3.33. The van der Waals surface area contributed by atoms with Crippen LogP contribution in [0, 0.1) is 0 Å². The Morgan fingerprint density at radius 1 is 1.00 bits per heavy atom. The van der Waals surface area contributed by atoms with E-state index in [1.54, 1.807) is 29.2 Å². The van der Waals surface area contributed by atoms with E-state index in [0.717, 1.165) is 25.7 Å². The number of nitrogens with one attached hydrogen (secondary N) is 2. The van der Waals surface area contributed by atoms with E-state index in [2.05, 4.69) is 20.6 Å². The van der Waals surface area contributed by atoms with Gasteiger partial charge < -0.3 is 15.5 Å². The van der Waals surface area contributed by atoms with Gasteiger partial charge in [-0.2, -0.15) is 0 Å². The van der Waals surface area contributed by atoms with Gasteiger partial charge in [-0.25, -0.2) is 4.98 Å². The van der Waals surface area contributed by atoms with Crippen LogP contribution in [0.3, 0.4) is 0 Å². The highest BCUT2D eigenvalue weighted by Gasteiger charge is 2.25. The summed E-state index contributed by atoms with van der Waals surface area (Å²) in [5.41, 5.74) is 1.32. The lowest BCUT2D eigenvalue weighted by molar-refractivity contribution is -0.117. The van der Waals surface area contributed by atoms with Crippen LogP contribution in [0.5, 0.6) is 0 Å². The van der Waals surface area contributed by atoms with Gasteiger partial charge >= 0.3 is 0 Å². The summed E-state index contributed by atoms with van der Waals surface area (Å²) in [7, 11) is 0. The van der Waals surface area contributed by atoms with Crippen LogP contribution in [0.15, 0.2) is 42.9 Å². The topological polar surface area (TPSA) is 108 Å². The molecule has 2 aromatic rings. The van der Waals surface area contributed by atoms with Gasteiger partial charge in [-0.05, 0) is 25.0 Å². The number of benzene rings is 1. The van der Waals surface area contributed by atoms with E-state index in [4.69, 9.17) is 0 Å². The number of amides is 3. The van der Waals surface area contributed by atoms with Gasteiger partial charge in [-0.3, -0.25) is 24.3 Å². The summed E-state index contributed by atoms with van der Waals surface area (Å²) in [6, 6.07) is 7.30. The summed E-state index contributed by atoms with van der Waals surface area (Å²) in [6.07, 6.45) is 8.78. The van der Waals surface area contributed by atoms with Crippen molar-refractivity contribution in [3.63, 3.8) is 0 Å². The van der Waals surface area contributed by atoms with E-state index < -0.39 is 0 Å². The maximum absolute atomic E-state index is 12.7. The second-order valence-corrected chi connectivity index (χ2v) is 8.21. The first kappa shape index (κ1) is 21.9. The Balaban J connectivity index is 1.28. The summed E-state index contributed by atoms with van der Waals surface area (Å²) in [5, 5.41) is 5.95. The molecule has 9 heteroatoms. The molecule has 1 saturated carbocycles. The zero-order valence-corrected chi connectivity index (χ0v) is 18.0. The zero-order valence-electron chi connectivity index (χ0n) is 18.0. The average molecular weight is 437 g/mol. The molecule has 2 fully saturated rings. The number of nitrogens with zero attached hydrogens (tertiary/aromatic N) is 4. The monoisotopic (exact) mass is 436 g/mol. The molecule has 2 heterocycles. The lowest BCUT2D eigenvalue weighted by atomic mass is 10.1. The van der Waals surface area contributed by atoms with Crippen LogP contribution in [0.4, 0.5) is 5.69 Å². The van der Waals surface area contributed by atoms with Gasteiger partial charge in [0.1, 0.15) is 5.69 Å². The van der Waals surface area contributed by atoms with Crippen molar-refractivity contribution < 1.29 is 14.4 Å². The van der Waals surface area contributed by atoms with E-state index in [0.29, 0.717) is 43.1 Å². The maximum Gasteiger partial charge on any atom is 0.274 e. The highest BCUT2D eigenvalue weighted by atomic mass is 16.2. The largest absolute Gasteiger partial charge is 0.349 e. The Hall–Kier alpha value is -3.33. The molecule has 2 N–H and O–H groups in total. The second kappa shape index (κ2) is 10.3. The fourth-order valence-electron chi connectivity index (χ4n) is 4.20. The minimum absolute atomic E-state index is 0.149. The molecule has 9 nitrogen and oxygen atoms in total. The van der Waals surface area contributed by atoms with Crippen LogP contribution < -0.4 is 10.6 Å². The number of carbonyl (C=O) groups excluding carboxylic acids is 3.